The van der Waals surface area contributed by atoms with Gasteiger partial charge in [0.05, 0.1) is 4.92 Å². The summed E-state index contributed by atoms with van der Waals surface area (Å²) >= 11 is 0. The van der Waals surface area contributed by atoms with Crippen LogP contribution in [-0.4, -0.2) is 27.5 Å². The van der Waals surface area contributed by atoms with Crippen LogP contribution < -0.4 is 10.2 Å². The minimum Gasteiger partial charge on any atom is -0.361 e. The summed E-state index contributed by atoms with van der Waals surface area (Å²) < 4.78 is 0. The Morgan fingerprint density at radius 2 is 1.88 bits per heavy atom. The molecule has 1 aromatic carbocycles. The summed E-state index contributed by atoms with van der Waals surface area (Å²) in [6, 6.07) is 8.50. The average molecular weight is 353 g/mol. The maximum absolute atomic E-state index is 11.8. The highest BCUT2D eigenvalue weighted by molar-refractivity contribution is 5.71. The predicted octanol–water partition coefficient (Wildman–Crippen LogP) is 3.69. The number of rotatable bonds is 4. The topological polar surface area (TPSA) is 84.2 Å². The fourth-order valence-corrected chi connectivity index (χ4v) is 3.99. The van der Waals surface area contributed by atoms with Gasteiger partial charge in [0.2, 0.25) is 11.6 Å². The zero-order valence-corrected chi connectivity index (χ0v) is 14.7. The van der Waals surface area contributed by atoms with Crippen molar-refractivity contribution in [2.24, 2.45) is 0 Å². The molecular weight excluding hydrogens is 330 g/mol. The van der Waals surface area contributed by atoms with E-state index in [0.717, 1.165) is 38.6 Å². The molecule has 136 valence electrons. The second-order valence-corrected chi connectivity index (χ2v) is 7.07. The molecule has 1 N–H and O–H groups in total. The molecule has 0 atom stereocenters. The van der Waals surface area contributed by atoms with Gasteiger partial charge in [-0.2, -0.15) is 0 Å². The highest BCUT2D eigenvalue weighted by Gasteiger charge is 2.30. The third-order valence-electron chi connectivity index (χ3n) is 5.36. The van der Waals surface area contributed by atoms with Crippen molar-refractivity contribution in [3.05, 3.63) is 51.8 Å². The van der Waals surface area contributed by atoms with Gasteiger partial charge in [0, 0.05) is 19.1 Å². The summed E-state index contributed by atoms with van der Waals surface area (Å²) in [7, 11) is 0. The molecule has 0 unspecified atom stereocenters. The summed E-state index contributed by atoms with van der Waals surface area (Å²) in [5.74, 6) is 0.767. The number of nitrogens with one attached hydrogen (secondary N) is 1. The van der Waals surface area contributed by atoms with Crippen molar-refractivity contribution in [3.8, 4) is 0 Å². The lowest BCUT2D eigenvalue weighted by atomic mass is 9.95. The number of fused-ring (bicyclic) bond motifs is 1. The Morgan fingerprint density at radius 1 is 1.12 bits per heavy atom. The van der Waals surface area contributed by atoms with Crippen LogP contribution in [0, 0.1) is 10.1 Å². The molecule has 4 rings (SSSR count). The van der Waals surface area contributed by atoms with Crippen LogP contribution in [0.3, 0.4) is 0 Å². The van der Waals surface area contributed by atoms with Crippen molar-refractivity contribution < 1.29 is 4.92 Å². The first-order valence-electron chi connectivity index (χ1n) is 9.30. The Morgan fingerprint density at radius 3 is 2.65 bits per heavy atom. The number of nitrogens with zero attached hydrogens (tertiary/aromatic N) is 4. The molecule has 0 saturated heterocycles. The molecule has 0 spiro atoms. The lowest BCUT2D eigenvalue weighted by molar-refractivity contribution is -0.383. The minimum atomic E-state index is -0.346. The van der Waals surface area contributed by atoms with Crippen LogP contribution in [0.15, 0.2) is 30.6 Å². The largest absolute Gasteiger partial charge is 0.361 e. The van der Waals surface area contributed by atoms with Crippen LogP contribution in [0.1, 0.15) is 43.2 Å². The standard InChI is InChI=1S/C19H23N5O2/c25-24(26)17-18(22-16-8-2-1-3-9-16)20-13-21-19(17)23-11-10-14-6-4-5-7-15(14)12-23/h4-7,13,16H,1-3,8-12H2,(H,20,21,22). The molecule has 2 heterocycles. The van der Waals surface area contributed by atoms with Gasteiger partial charge in [-0.15, -0.1) is 0 Å². The Balaban J connectivity index is 1.64. The van der Waals surface area contributed by atoms with E-state index in [9.17, 15) is 10.1 Å². The van der Waals surface area contributed by atoms with Crippen LogP contribution in [0.25, 0.3) is 0 Å². The monoisotopic (exact) mass is 353 g/mol. The highest BCUT2D eigenvalue weighted by atomic mass is 16.6. The van der Waals surface area contributed by atoms with Crippen molar-refractivity contribution in [2.45, 2.75) is 51.1 Å². The second kappa shape index (κ2) is 7.27. The van der Waals surface area contributed by atoms with Gasteiger partial charge in [-0.25, -0.2) is 9.97 Å². The number of hydrogen-bond donors (Lipinski definition) is 1. The van der Waals surface area contributed by atoms with Crippen molar-refractivity contribution in [3.63, 3.8) is 0 Å². The number of hydrogen-bond acceptors (Lipinski definition) is 6. The number of benzene rings is 1. The summed E-state index contributed by atoms with van der Waals surface area (Å²) in [5, 5.41) is 15.1. The molecule has 1 aliphatic heterocycles. The van der Waals surface area contributed by atoms with Gasteiger partial charge in [-0.3, -0.25) is 10.1 Å². The average Bonchev–Trinajstić information content (AvgIpc) is 2.68. The molecule has 7 nitrogen and oxygen atoms in total. The zero-order chi connectivity index (χ0) is 17.9. The first-order valence-corrected chi connectivity index (χ1v) is 9.30. The van der Waals surface area contributed by atoms with E-state index in [0.29, 0.717) is 18.2 Å². The molecule has 0 radical (unpaired) electrons. The number of nitro groups is 1. The van der Waals surface area contributed by atoms with Crippen LogP contribution in [0.4, 0.5) is 17.3 Å². The van der Waals surface area contributed by atoms with Crippen molar-refractivity contribution >= 4 is 17.3 Å². The van der Waals surface area contributed by atoms with Crippen LogP contribution in [0.2, 0.25) is 0 Å². The smallest absolute Gasteiger partial charge is 0.353 e. The Kier molecular flexibility index (Phi) is 4.69. The van der Waals surface area contributed by atoms with Gasteiger partial charge in [-0.05, 0) is 30.4 Å². The van der Waals surface area contributed by atoms with Crippen molar-refractivity contribution in [1.29, 1.82) is 0 Å². The van der Waals surface area contributed by atoms with E-state index in [-0.39, 0.29) is 16.7 Å². The molecule has 1 saturated carbocycles. The number of anilines is 2. The first-order chi connectivity index (χ1) is 12.7. The maximum atomic E-state index is 11.8. The molecular formula is C19H23N5O2. The van der Waals surface area contributed by atoms with Crippen molar-refractivity contribution in [1.82, 2.24) is 9.97 Å². The van der Waals surface area contributed by atoms with Gasteiger partial charge in [-0.1, -0.05) is 43.5 Å². The highest BCUT2D eigenvalue weighted by Crippen LogP contribution is 2.35. The quantitative estimate of drug-likeness (QED) is 0.666. The SMILES string of the molecule is O=[N+]([O-])c1c(NC2CCCCC2)ncnc1N1CCc2ccccc2C1. The van der Waals surface area contributed by atoms with E-state index in [1.54, 1.807) is 0 Å². The van der Waals surface area contributed by atoms with E-state index in [1.165, 1.54) is 23.9 Å². The van der Waals surface area contributed by atoms with Crippen LogP contribution >= 0.6 is 0 Å². The summed E-state index contributed by atoms with van der Waals surface area (Å²) in [4.78, 5) is 22.0. The Labute approximate surface area is 152 Å². The lowest BCUT2D eigenvalue weighted by Gasteiger charge is -2.30. The fraction of sp³-hybridized carbons (Fsp3) is 0.474. The number of aromatic nitrogens is 2. The maximum Gasteiger partial charge on any atom is 0.353 e. The molecule has 1 aliphatic carbocycles. The Bertz CT molecular complexity index is 804. The molecule has 0 bridgehead atoms. The summed E-state index contributed by atoms with van der Waals surface area (Å²) in [5.41, 5.74) is 2.51. The Hall–Kier alpha value is -2.70. The van der Waals surface area contributed by atoms with Gasteiger partial charge < -0.3 is 10.2 Å². The normalized spacial score (nSPS) is 17.6. The van der Waals surface area contributed by atoms with E-state index in [2.05, 4.69) is 27.4 Å². The molecule has 7 heteroatoms. The fourth-order valence-electron chi connectivity index (χ4n) is 3.99. The second-order valence-electron chi connectivity index (χ2n) is 7.07. The molecule has 1 fully saturated rings. The lowest BCUT2D eigenvalue weighted by Crippen LogP contribution is -2.32. The third kappa shape index (κ3) is 3.34. The van der Waals surface area contributed by atoms with Gasteiger partial charge >= 0.3 is 5.69 Å². The summed E-state index contributed by atoms with van der Waals surface area (Å²) in [6.07, 6.45) is 7.93. The predicted molar refractivity (Wildman–Crippen MR) is 100 cm³/mol. The van der Waals surface area contributed by atoms with E-state index < -0.39 is 0 Å². The molecule has 2 aromatic rings. The first kappa shape index (κ1) is 16.8. The minimum absolute atomic E-state index is 0.00236. The van der Waals surface area contributed by atoms with Gasteiger partial charge in [0.1, 0.15) is 6.33 Å². The molecule has 0 amide bonds. The molecule has 26 heavy (non-hydrogen) atoms. The zero-order valence-electron chi connectivity index (χ0n) is 14.7. The third-order valence-corrected chi connectivity index (χ3v) is 5.36. The van der Waals surface area contributed by atoms with Gasteiger partial charge in [0.25, 0.3) is 0 Å². The molecule has 1 aromatic heterocycles. The van der Waals surface area contributed by atoms with E-state index >= 15 is 0 Å². The van der Waals surface area contributed by atoms with Crippen LogP contribution in [-0.2, 0) is 13.0 Å². The van der Waals surface area contributed by atoms with Crippen molar-refractivity contribution in [2.75, 3.05) is 16.8 Å². The summed E-state index contributed by atoms with van der Waals surface area (Å²) in [6.45, 7) is 1.36. The molecule has 2 aliphatic rings. The van der Waals surface area contributed by atoms with E-state index in [4.69, 9.17) is 0 Å². The van der Waals surface area contributed by atoms with Crippen LogP contribution in [0.5, 0.6) is 0 Å². The van der Waals surface area contributed by atoms with E-state index in [1.807, 2.05) is 17.0 Å². The van der Waals surface area contributed by atoms with Gasteiger partial charge in [0.15, 0.2) is 0 Å².